The first-order valence-corrected chi connectivity index (χ1v) is 10.2. The summed E-state index contributed by atoms with van der Waals surface area (Å²) < 4.78 is 10.3. The van der Waals surface area contributed by atoms with Crippen LogP contribution in [0.5, 0.6) is 11.6 Å². The Morgan fingerprint density at radius 1 is 1.00 bits per heavy atom. The highest BCUT2D eigenvalue weighted by Gasteiger charge is 2.10. The quantitative estimate of drug-likeness (QED) is 0.243. The number of benzene rings is 2. The van der Waals surface area contributed by atoms with Crippen LogP contribution in [0.1, 0.15) is 0 Å². The first-order chi connectivity index (χ1) is 15.9. The van der Waals surface area contributed by atoms with E-state index in [1.165, 1.54) is 13.3 Å². The van der Waals surface area contributed by atoms with Crippen molar-refractivity contribution in [3.63, 3.8) is 0 Å². The summed E-state index contributed by atoms with van der Waals surface area (Å²) in [6.07, 6.45) is 0.814. The minimum absolute atomic E-state index is 0. The summed E-state index contributed by atoms with van der Waals surface area (Å²) >= 11 is 12.0. The number of halogens is 3. The van der Waals surface area contributed by atoms with Crippen LogP contribution in [0, 0.1) is 0 Å². The molecule has 13 heteroatoms. The predicted molar refractivity (Wildman–Crippen MR) is 133 cm³/mol. The molecule has 0 saturated heterocycles. The summed E-state index contributed by atoms with van der Waals surface area (Å²) in [5.74, 6) is 1.06. The number of hydrogen-bond acceptors (Lipinski definition) is 6. The van der Waals surface area contributed by atoms with Gasteiger partial charge in [0.05, 0.1) is 40.7 Å². The number of carbonyl (C=O) groups is 2. The topological polar surface area (TPSA) is 130 Å². The Morgan fingerprint density at radius 2 is 1.82 bits per heavy atom. The van der Waals surface area contributed by atoms with Gasteiger partial charge in [-0.2, -0.15) is 0 Å². The largest absolute Gasteiger partial charge is 0.453 e. The first-order valence-electron chi connectivity index (χ1n) is 9.41. The van der Waals surface area contributed by atoms with E-state index in [0.717, 1.165) is 0 Å². The molecule has 2 aromatic heterocycles. The number of ether oxygens (including phenoxy) is 2. The summed E-state index contributed by atoms with van der Waals surface area (Å²) in [6.45, 7) is 0. The number of amides is 3. The van der Waals surface area contributed by atoms with Crippen molar-refractivity contribution >= 4 is 76.1 Å². The third-order valence-corrected chi connectivity index (χ3v) is 4.82. The van der Waals surface area contributed by atoms with Gasteiger partial charge in [0.15, 0.2) is 0 Å². The number of carbonyl (C=O) groups excluding carboxylic acids is 2. The minimum atomic E-state index is -0.632. The molecule has 0 unspecified atom stereocenters. The van der Waals surface area contributed by atoms with Gasteiger partial charge in [0, 0.05) is 17.2 Å². The number of rotatable bonds is 5. The SMILES string of the molecule is COC(=O)Nc1nc2ccc(Oc3ccc(NC(=O)Nc4cc(Cl)ccc4Cl)cn3)cc2[nH]1.Cl. The summed E-state index contributed by atoms with van der Waals surface area (Å²) in [4.78, 5) is 34.9. The molecule has 4 rings (SSSR count). The molecule has 4 aromatic rings. The molecule has 0 bridgehead atoms. The van der Waals surface area contributed by atoms with E-state index in [4.69, 9.17) is 27.9 Å². The van der Waals surface area contributed by atoms with Crippen molar-refractivity contribution < 1.29 is 19.1 Å². The van der Waals surface area contributed by atoms with Gasteiger partial charge in [-0.1, -0.05) is 23.2 Å². The fraction of sp³-hybridized carbons (Fsp3) is 0.0476. The number of hydrogen-bond donors (Lipinski definition) is 4. The van der Waals surface area contributed by atoms with Crippen LogP contribution < -0.4 is 20.7 Å². The maximum absolute atomic E-state index is 12.2. The molecule has 176 valence electrons. The summed E-state index contributed by atoms with van der Waals surface area (Å²) in [5.41, 5.74) is 2.11. The van der Waals surface area contributed by atoms with Gasteiger partial charge in [0.2, 0.25) is 11.8 Å². The molecule has 2 aromatic carbocycles. The molecule has 0 fully saturated rings. The van der Waals surface area contributed by atoms with Crippen molar-refractivity contribution in [2.45, 2.75) is 0 Å². The number of methoxy groups -OCH3 is 1. The second-order valence-electron chi connectivity index (χ2n) is 6.57. The van der Waals surface area contributed by atoms with Gasteiger partial charge in [-0.05, 0) is 36.4 Å². The lowest BCUT2D eigenvalue weighted by Gasteiger charge is -2.10. The number of anilines is 3. The molecule has 3 amide bonds. The van der Waals surface area contributed by atoms with E-state index in [1.807, 2.05) is 0 Å². The highest BCUT2D eigenvalue weighted by molar-refractivity contribution is 6.35. The van der Waals surface area contributed by atoms with Crippen molar-refractivity contribution in [1.29, 1.82) is 0 Å². The van der Waals surface area contributed by atoms with E-state index in [1.54, 1.807) is 48.5 Å². The monoisotopic (exact) mass is 522 g/mol. The molecule has 2 heterocycles. The van der Waals surface area contributed by atoms with Crippen molar-refractivity contribution in [1.82, 2.24) is 15.0 Å². The number of aromatic amines is 1. The Labute approximate surface area is 209 Å². The second kappa shape index (κ2) is 10.9. The highest BCUT2D eigenvalue weighted by atomic mass is 35.5. The lowest BCUT2D eigenvalue weighted by Crippen LogP contribution is -2.19. The van der Waals surface area contributed by atoms with Gasteiger partial charge in [0.1, 0.15) is 5.75 Å². The van der Waals surface area contributed by atoms with E-state index in [-0.39, 0.29) is 18.4 Å². The smallest absolute Gasteiger partial charge is 0.413 e. The van der Waals surface area contributed by atoms with Gasteiger partial charge in [-0.25, -0.2) is 19.6 Å². The summed E-state index contributed by atoms with van der Waals surface area (Å²) in [6, 6.07) is 12.6. The molecule has 4 N–H and O–H groups in total. The van der Waals surface area contributed by atoms with Crippen LogP contribution in [0.15, 0.2) is 54.7 Å². The van der Waals surface area contributed by atoms with E-state index in [9.17, 15) is 9.59 Å². The highest BCUT2D eigenvalue weighted by Crippen LogP contribution is 2.27. The Hall–Kier alpha value is -3.73. The predicted octanol–water partition coefficient (Wildman–Crippen LogP) is 6.30. The standard InChI is InChI=1S/C21H16Cl2N6O4.ClH/c1-32-21(31)29-19-26-15-6-4-13(9-17(15)27-19)33-18-7-3-12(10-24-18)25-20(30)28-16-8-11(22)2-5-14(16)23;/h2-10H,1H3,(H2,25,28,30)(H2,26,27,29,31);1H. The average Bonchev–Trinajstić information content (AvgIpc) is 3.19. The van der Waals surface area contributed by atoms with Crippen molar-refractivity contribution in [2.75, 3.05) is 23.1 Å². The molecule has 0 spiro atoms. The number of aromatic nitrogens is 3. The molecule has 0 aliphatic rings. The zero-order valence-corrected chi connectivity index (χ0v) is 19.7. The second-order valence-corrected chi connectivity index (χ2v) is 7.42. The lowest BCUT2D eigenvalue weighted by atomic mass is 10.3. The van der Waals surface area contributed by atoms with Gasteiger partial charge in [-0.15, -0.1) is 12.4 Å². The van der Waals surface area contributed by atoms with Crippen LogP contribution in [0.3, 0.4) is 0 Å². The van der Waals surface area contributed by atoms with Crippen molar-refractivity contribution in [3.05, 3.63) is 64.8 Å². The van der Waals surface area contributed by atoms with E-state index in [2.05, 4.69) is 35.6 Å². The Bertz CT molecular complexity index is 1330. The van der Waals surface area contributed by atoms with Crippen LogP contribution in [-0.2, 0) is 4.74 Å². The Kier molecular flexibility index (Phi) is 8.00. The first kappa shape index (κ1) is 24.9. The fourth-order valence-electron chi connectivity index (χ4n) is 2.77. The Balaban J connectivity index is 0.00000324. The molecular weight excluding hydrogens is 507 g/mol. The summed E-state index contributed by atoms with van der Waals surface area (Å²) in [5, 5.41) is 8.53. The van der Waals surface area contributed by atoms with Crippen molar-refractivity contribution in [2.24, 2.45) is 0 Å². The van der Waals surface area contributed by atoms with Crippen LogP contribution in [0.4, 0.5) is 26.9 Å². The number of fused-ring (bicyclic) bond motifs is 1. The van der Waals surface area contributed by atoms with Crippen LogP contribution in [0.2, 0.25) is 10.0 Å². The number of urea groups is 1. The summed E-state index contributed by atoms with van der Waals surface area (Å²) in [7, 11) is 1.26. The van der Waals surface area contributed by atoms with Gasteiger partial charge >= 0.3 is 12.1 Å². The minimum Gasteiger partial charge on any atom is -0.453 e. The van der Waals surface area contributed by atoms with Gasteiger partial charge in [0.25, 0.3) is 0 Å². The molecule has 0 aliphatic carbocycles. The molecule has 34 heavy (non-hydrogen) atoms. The third kappa shape index (κ3) is 6.19. The normalized spacial score (nSPS) is 10.2. The zero-order chi connectivity index (χ0) is 23.4. The molecule has 10 nitrogen and oxygen atoms in total. The maximum atomic E-state index is 12.2. The zero-order valence-electron chi connectivity index (χ0n) is 17.4. The van der Waals surface area contributed by atoms with Crippen LogP contribution >= 0.6 is 35.6 Å². The number of nitrogens with zero attached hydrogens (tertiary/aromatic N) is 2. The molecule has 0 atom stereocenters. The van der Waals surface area contributed by atoms with Crippen LogP contribution in [0.25, 0.3) is 11.0 Å². The molecular formula is C21H17Cl3N6O4. The fourth-order valence-corrected chi connectivity index (χ4v) is 3.11. The van der Waals surface area contributed by atoms with E-state index < -0.39 is 12.1 Å². The Morgan fingerprint density at radius 3 is 2.56 bits per heavy atom. The van der Waals surface area contributed by atoms with Crippen LogP contribution in [-0.4, -0.2) is 34.2 Å². The average molecular weight is 524 g/mol. The van der Waals surface area contributed by atoms with Gasteiger partial charge < -0.3 is 25.1 Å². The number of pyridine rings is 1. The maximum Gasteiger partial charge on any atom is 0.413 e. The molecule has 0 aliphatic heterocycles. The van der Waals surface area contributed by atoms with Crippen molar-refractivity contribution in [3.8, 4) is 11.6 Å². The number of H-pyrrole nitrogens is 1. The van der Waals surface area contributed by atoms with E-state index >= 15 is 0 Å². The van der Waals surface area contributed by atoms with Gasteiger partial charge in [-0.3, -0.25) is 5.32 Å². The number of imidazole rings is 1. The molecule has 0 radical (unpaired) electrons. The van der Waals surface area contributed by atoms with E-state index in [0.29, 0.717) is 44.1 Å². The molecule has 0 saturated carbocycles. The number of nitrogens with one attached hydrogen (secondary N) is 4. The lowest BCUT2D eigenvalue weighted by molar-refractivity contribution is 0.186. The third-order valence-electron chi connectivity index (χ3n) is 4.25.